The number of rotatable bonds is 3. The Balaban J connectivity index is 4.44. The fraction of sp³-hybridized carbons (Fsp3) is 0.400. The van der Waals surface area contributed by atoms with Gasteiger partial charge < -0.3 is 9.72 Å². The number of carbonyl (C=O) groups excluding carboxylic acids is 1. The number of carbonyl (C=O) groups is 1. The fourth-order valence-electron chi connectivity index (χ4n) is 0.203. The Labute approximate surface area is 77.5 Å². The van der Waals surface area contributed by atoms with Gasteiger partial charge in [0.25, 0.3) is 0 Å². The molecule has 0 amide bonds. The molecule has 5 nitrogen and oxygen atoms in total. The highest BCUT2D eigenvalue weighted by atomic mass is 32.2. The zero-order chi connectivity index (χ0) is 11.6. The Morgan fingerprint density at radius 2 is 1.86 bits per heavy atom. The van der Waals surface area contributed by atoms with Crippen LogP contribution in [-0.2, 0) is 19.7 Å². The highest BCUT2D eigenvalue weighted by Crippen LogP contribution is 2.28. The van der Waals surface area contributed by atoms with Crippen LogP contribution in [0.4, 0.5) is 13.2 Å². The first-order valence-electron chi connectivity index (χ1n) is 2.98. The van der Waals surface area contributed by atoms with Crippen LogP contribution in [0.5, 0.6) is 0 Å². The molecule has 82 valence electrons. The van der Waals surface area contributed by atoms with Crippen LogP contribution >= 0.6 is 0 Å². The van der Waals surface area contributed by atoms with Crippen molar-refractivity contribution in [3.63, 3.8) is 0 Å². The van der Waals surface area contributed by atoms with Gasteiger partial charge in [-0.2, -0.15) is 13.2 Å². The summed E-state index contributed by atoms with van der Waals surface area (Å²) in [6, 6.07) is 0. The monoisotopic (exact) mass is 232 g/mol. The predicted molar refractivity (Wildman–Crippen MR) is 39.2 cm³/mol. The first-order chi connectivity index (χ1) is 6.08. The average molecular weight is 232 g/mol. The molecule has 0 bridgehead atoms. The second kappa shape index (κ2) is 3.96. The van der Waals surface area contributed by atoms with Gasteiger partial charge >= 0.3 is 11.5 Å². The van der Waals surface area contributed by atoms with E-state index in [1.807, 2.05) is 0 Å². The van der Waals surface area contributed by atoms with Crippen molar-refractivity contribution in [2.45, 2.75) is 12.4 Å². The van der Waals surface area contributed by atoms with Crippen LogP contribution in [0.2, 0.25) is 0 Å². The van der Waals surface area contributed by atoms with E-state index in [-0.39, 0.29) is 5.57 Å². The van der Waals surface area contributed by atoms with Crippen LogP contribution in [0.15, 0.2) is 12.2 Å². The highest BCUT2D eigenvalue weighted by Gasteiger charge is 2.39. The molecule has 0 fully saturated rings. The van der Waals surface area contributed by atoms with Gasteiger partial charge in [-0.3, -0.25) is 0 Å². The summed E-state index contributed by atoms with van der Waals surface area (Å²) < 4.78 is 55.1. The Hall–Kier alpha value is -1.09. The number of alkyl halides is 3. The molecule has 0 aliphatic rings. The number of hydrogen-bond donors (Lipinski definition) is 0. The van der Waals surface area contributed by atoms with Crippen LogP contribution in [0.3, 0.4) is 0 Å². The third-order valence-corrected chi connectivity index (χ3v) is 1.72. The van der Waals surface area contributed by atoms with Crippen molar-refractivity contribution in [2.75, 3.05) is 0 Å². The van der Waals surface area contributed by atoms with E-state index in [9.17, 15) is 26.4 Å². The number of sulfonamides is 1. The highest BCUT2D eigenvalue weighted by molar-refractivity contribution is 7.94. The largest absolute Gasteiger partial charge is 0.545 e. The van der Waals surface area contributed by atoms with Gasteiger partial charge in [0.05, 0.1) is 0 Å². The Bertz CT molecular complexity index is 344. The van der Waals surface area contributed by atoms with Crippen LogP contribution in [0.25, 0.3) is 4.89 Å². The Morgan fingerprint density at radius 3 is 2.14 bits per heavy atom. The molecule has 0 heterocycles. The lowest BCUT2D eigenvalue weighted by Crippen LogP contribution is -2.23. The summed E-state index contributed by atoms with van der Waals surface area (Å²) in [7, 11) is -5.79. The van der Waals surface area contributed by atoms with Gasteiger partial charge in [0.2, 0.25) is 0 Å². The Morgan fingerprint density at radius 1 is 1.43 bits per heavy atom. The van der Waals surface area contributed by atoms with Gasteiger partial charge in [-0.1, -0.05) is 6.58 Å². The van der Waals surface area contributed by atoms with Crippen molar-refractivity contribution in [3.8, 4) is 0 Å². The van der Waals surface area contributed by atoms with Gasteiger partial charge in [0, 0.05) is 5.57 Å². The number of nitrogens with zero attached hydrogens (tertiary/aromatic N) is 1. The molecule has 0 saturated carbocycles. The molecule has 0 aliphatic heterocycles. The van der Waals surface area contributed by atoms with Crippen molar-refractivity contribution in [1.29, 1.82) is 0 Å². The molecule has 9 heteroatoms. The van der Waals surface area contributed by atoms with Gasteiger partial charge in [-0.05, 0) is 6.92 Å². The van der Waals surface area contributed by atoms with E-state index in [1.54, 1.807) is 4.89 Å². The van der Waals surface area contributed by atoms with Gasteiger partial charge in [0.15, 0.2) is 10.0 Å². The van der Waals surface area contributed by atoms with Crippen molar-refractivity contribution in [3.05, 3.63) is 17.0 Å². The van der Waals surface area contributed by atoms with Gasteiger partial charge in [-0.25, -0.2) is 13.2 Å². The van der Waals surface area contributed by atoms with Crippen molar-refractivity contribution in [2.24, 2.45) is 0 Å². The quantitative estimate of drug-likeness (QED) is 0.542. The lowest BCUT2D eigenvalue weighted by Gasteiger charge is -2.21. The molecule has 0 radical (unpaired) electrons. The maximum Gasteiger partial charge on any atom is 0.482 e. The van der Waals surface area contributed by atoms with Crippen LogP contribution < -0.4 is 0 Å². The van der Waals surface area contributed by atoms with E-state index in [1.165, 1.54) is 0 Å². The minimum Gasteiger partial charge on any atom is -0.545 e. The molecule has 0 saturated heterocycles. The molecule has 0 N–H and O–H groups in total. The molecular formula is C5H5F3NO4S-. The van der Waals surface area contributed by atoms with Crippen molar-refractivity contribution in [1.82, 2.24) is 0 Å². The van der Waals surface area contributed by atoms with Crippen LogP contribution in [0.1, 0.15) is 6.92 Å². The molecule has 0 unspecified atom stereocenters. The van der Waals surface area contributed by atoms with E-state index in [4.69, 9.17) is 0 Å². The predicted octanol–water partition coefficient (Wildman–Crippen LogP) is 1.24. The molecule has 14 heavy (non-hydrogen) atoms. The third kappa shape index (κ3) is 3.34. The third-order valence-electron chi connectivity index (χ3n) is 0.859. The summed E-state index contributed by atoms with van der Waals surface area (Å²) >= 11 is 0. The van der Waals surface area contributed by atoms with E-state index < -0.39 is 21.5 Å². The molecule has 0 aliphatic carbocycles. The van der Waals surface area contributed by atoms with E-state index in [2.05, 4.69) is 11.4 Å². The molecular weight excluding hydrogens is 227 g/mol. The first-order valence-corrected chi connectivity index (χ1v) is 4.42. The number of halogens is 3. The normalized spacial score (nSPS) is 12.3. The maximum atomic E-state index is 11.6. The van der Waals surface area contributed by atoms with Gasteiger partial charge in [0.1, 0.15) is 0 Å². The standard InChI is InChI=1S/C5H5F3NO4S/c1-3(2)4(10)13-9-14(11,12)5(6,7)8/h1H2,2H3/q-1. The lowest BCUT2D eigenvalue weighted by atomic mass is 10.4. The summed E-state index contributed by atoms with van der Waals surface area (Å²) in [5.74, 6) is -1.35. The zero-order valence-corrected chi connectivity index (χ0v) is 7.65. The van der Waals surface area contributed by atoms with E-state index in [0.717, 1.165) is 6.92 Å². The topological polar surface area (TPSA) is 74.5 Å². The minimum absolute atomic E-state index is 0.272. The molecule has 0 rings (SSSR count). The summed E-state index contributed by atoms with van der Waals surface area (Å²) in [5, 5.41) is 0. The summed E-state index contributed by atoms with van der Waals surface area (Å²) in [4.78, 5) is 15.7. The molecule has 0 spiro atoms. The van der Waals surface area contributed by atoms with Crippen molar-refractivity contribution < 1.29 is 31.2 Å². The molecule has 0 aromatic rings. The van der Waals surface area contributed by atoms with E-state index >= 15 is 0 Å². The van der Waals surface area contributed by atoms with Gasteiger partial charge in [-0.15, -0.1) is 0 Å². The molecule has 0 aromatic heterocycles. The molecule has 0 aromatic carbocycles. The molecule has 0 atom stereocenters. The summed E-state index contributed by atoms with van der Waals surface area (Å²) in [6.45, 7) is 4.13. The van der Waals surface area contributed by atoms with Crippen LogP contribution in [0, 0.1) is 0 Å². The average Bonchev–Trinajstić information content (AvgIpc) is 1.97. The second-order valence-electron chi connectivity index (χ2n) is 2.15. The summed E-state index contributed by atoms with van der Waals surface area (Å²) in [6.07, 6.45) is 0. The SMILES string of the molecule is C=C(C)C(=O)O[N-]S(=O)(=O)C(F)(F)F. The second-order valence-corrected chi connectivity index (χ2v) is 3.72. The van der Waals surface area contributed by atoms with Crippen molar-refractivity contribution >= 4 is 16.0 Å². The number of hydrogen-bond acceptors (Lipinski definition) is 4. The smallest absolute Gasteiger partial charge is 0.482 e. The first kappa shape index (κ1) is 12.9. The minimum atomic E-state index is -5.79. The maximum absolute atomic E-state index is 11.6. The fourth-order valence-corrected chi connectivity index (χ4v) is 0.453. The summed E-state index contributed by atoms with van der Waals surface area (Å²) in [5.41, 5.74) is -5.85. The lowest BCUT2D eigenvalue weighted by molar-refractivity contribution is -0.134. The zero-order valence-electron chi connectivity index (χ0n) is 6.83. The Kier molecular flexibility index (Phi) is 3.66. The van der Waals surface area contributed by atoms with E-state index in [0.29, 0.717) is 0 Å². The van der Waals surface area contributed by atoms with Crippen LogP contribution in [-0.4, -0.2) is 19.9 Å².